The molecule has 74 valence electrons. The van der Waals surface area contributed by atoms with E-state index in [0.717, 1.165) is 6.42 Å². The summed E-state index contributed by atoms with van der Waals surface area (Å²) in [5.74, 6) is 0. The molecule has 5 heteroatoms. The molecule has 2 heterocycles. The van der Waals surface area contributed by atoms with E-state index in [2.05, 4.69) is 28.9 Å². The predicted octanol–water partition coefficient (Wildman–Crippen LogP) is 1.09. The first-order valence-electron chi connectivity index (χ1n) is 4.65. The minimum atomic E-state index is -0.135. The monoisotopic (exact) mass is 192 g/mol. The van der Waals surface area contributed by atoms with E-state index in [9.17, 15) is 4.79 Å². The van der Waals surface area contributed by atoms with Gasteiger partial charge in [-0.15, -0.1) is 0 Å². The molecule has 0 aliphatic rings. The molecule has 2 aromatic heterocycles. The molecular formula is C9H12N4O. The van der Waals surface area contributed by atoms with Gasteiger partial charge in [0.15, 0.2) is 5.65 Å². The van der Waals surface area contributed by atoms with E-state index in [1.54, 1.807) is 10.9 Å². The number of nitrogens with one attached hydrogen (secondary N) is 1. The molecule has 0 bridgehead atoms. The summed E-state index contributed by atoms with van der Waals surface area (Å²) in [5, 5.41) is 4.71. The number of hydrogen-bond acceptors (Lipinski definition) is 3. The van der Waals surface area contributed by atoms with E-state index >= 15 is 0 Å². The van der Waals surface area contributed by atoms with Crippen LogP contribution in [0.4, 0.5) is 0 Å². The maximum atomic E-state index is 11.4. The number of nitrogens with zero attached hydrogens (tertiary/aromatic N) is 3. The van der Waals surface area contributed by atoms with Gasteiger partial charge >= 0.3 is 0 Å². The molecule has 0 spiro atoms. The number of hydrogen-bond donors (Lipinski definition) is 1. The third-order valence-corrected chi connectivity index (χ3v) is 2.40. The number of fused-ring (bicyclic) bond motifs is 1. The molecule has 14 heavy (non-hydrogen) atoms. The van der Waals surface area contributed by atoms with Crippen molar-refractivity contribution in [1.29, 1.82) is 0 Å². The van der Waals surface area contributed by atoms with Crippen LogP contribution >= 0.6 is 0 Å². The lowest BCUT2D eigenvalue weighted by molar-refractivity contribution is 0.489. The molecule has 1 atom stereocenters. The summed E-state index contributed by atoms with van der Waals surface area (Å²) in [6, 6.07) is 0.266. The Labute approximate surface area is 80.8 Å². The molecule has 0 aromatic carbocycles. The van der Waals surface area contributed by atoms with Crippen LogP contribution in [-0.4, -0.2) is 19.7 Å². The van der Waals surface area contributed by atoms with Gasteiger partial charge in [0, 0.05) is 0 Å². The van der Waals surface area contributed by atoms with Crippen LogP contribution in [0.1, 0.15) is 26.3 Å². The van der Waals surface area contributed by atoms with Gasteiger partial charge in [-0.2, -0.15) is 5.10 Å². The Morgan fingerprint density at radius 3 is 3.14 bits per heavy atom. The van der Waals surface area contributed by atoms with Crippen molar-refractivity contribution in [2.45, 2.75) is 26.3 Å². The van der Waals surface area contributed by atoms with Crippen molar-refractivity contribution in [3.8, 4) is 0 Å². The van der Waals surface area contributed by atoms with Crippen LogP contribution in [0.5, 0.6) is 0 Å². The van der Waals surface area contributed by atoms with Crippen LogP contribution < -0.4 is 5.56 Å². The summed E-state index contributed by atoms with van der Waals surface area (Å²) in [4.78, 5) is 18.0. The Morgan fingerprint density at radius 1 is 1.64 bits per heavy atom. The second-order valence-corrected chi connectivity index (χ2v) is 3.32. The summed E-state index contributed by atoms with van der Waals surface area (Å²) in [7, 11) is 0. The van der Waals surface area contributed by atoms with E-state index in [-0.39, 0.29) is 11.6 Å². The number of aromatic nitrogens is 4. The second kappa shape index (κ2) is 3.25. The van der Waals surface area contributed by atoms with Crippen molar-refractivity contribution in [3.05, 3.63) is 22.9 Å². The molecule has 1 N–H and O–H groups in total. The van der Waals surface area contributed by atoms with Crippen LogP contribution in [0.25, 0.3) is 11.0 Å². The molecule has 2 rings (SSSR count). The van der Waals surface area contributed by atoms with Crippen molar-refractivity contribution in [1.82, 2.24) is 19.7 Å². The first kappa shape index (κ1) is 8.93. The highest BCUT2D eigenvalue weighted by atomic mass is 16.1. The van der Waals surface area contributed by atoms with Crippen molar-refractivity contribution in [2.24, 2.45) is 0 Å². The smallest absolute Gasteiger partial charge is 0.261 e. The SMILES string of the molecule is CCC(C)n1ncc2c(=O)[nH]cnc21. The third-order valence-electron chi connectivity index (χ3n) is 2.40. The highest BCUT2D eigenvalue weighted by molar-refractivity contribution is 5.72. The van der Waals surface area contributed by atoms with Crippen LogP contribution in [0, 0.1) is 0 Å². The van der Waals surface area contributed by atoms with Crippen molar-refractivity contribution >= 4 is 11.0 Å². The zero-order chi connectivity index (χ0) is 10.1. The molecule has 0 radical (unpaired) electrons. The molecule has 1 unspecified atom stereocenters. The van der Waals surface area contributed by atoms with E-state index in [1.165, 1.54) is 6.33 Å². The fourth-order valence-electron chi connectivity index (χ4n) is 1.37. The van der Waals surface area contributed by atoms with E-state index in [1.807, 2.05) is 0 Å². The van der Waals surface area contributed by atoms with Gasteiger partial charge in [0.25, 0.3) is 5.56 Å². The van der Waals surface area contributed by atoms with Gasteiger partial charge in [-0.05, 0) is 13.3 Å². The lowest BCUT2D eigenvalue weighted by atomic mass is 10.3. The van der Waals surface area contributed by atoms with E-state index in [4.69, 9.17) is 0 Å². The van der Waals surface area contributed by atoms with Gasteiger partial charge < -0.3 is 4.98 Å². The highest BCUT2D eigenvalue weighted by Crippen LogP contribution is 2.14. The predicted molar refractivity (Wildman–Crippen MR) is 53.2 cm³/mol. The topological polar surface area (TPSA) is 63.6 Å². The quantitative estimate of drug-likeness (QED) is 0.774. The average molecular weight is 192 g/mol. The van der Waals surface area contributed by atoms with Crippen LogP contribution in [0.3, 0.4) is 0 Å². The molecule has 0 saturated carbocycles. The normalized spacial score (nSPS) is 13.3. The third kappa shape index (κ3) is 1.21. The maximum absolute atomic E-state index is 11.4. The van der Waals surface area contributed by atoms with Gasteiger partial charge in [-0.25, -0.2) is 9.67 Å². The first-order valence-corrected chi connectivity index (χ1v) is 4.65. The molecule has 0 aliphatic heterocycles. The minimum Gasteiger partial charge on any atom is -0.312 e. The molecule has 0 amide bonds. The van der Waals surface area contributed by atoms with Crippen LogP contribution in [0.15, 0.2) is 17.3 Å². The Bertz CT molecular complexity index is 499. The molecule has 2 aromatic rings. The minimum absolute atomic E-state index is 0.135. The summed E-state index contributed by atoms with van der Waals surface area (Å²) in [6.45, 7) is 4.13. The zero-order valence-electron chi connectivity index (χ0n) is 8.19. The fourth-order valence-corrected chi connectivity index (χ4v) is 1.37. The standard InChI is InChI=1S/C9H12N4O/c1-3-6(2)13-8-7(4-12-13)9(14)11-5-10-8/h4-6H,3H2,1-2H3,(H,10,11,14). The highest BCUT2D eigenvalue weighted by Gasteiger charge is 2.10. The zero-order valence-corrected chi connectivity index (χ0v) is 8.19. The lowest BCUT2D eigenvalue weighted by Gasteiger charge is -2.08. The molecule has 0 aliphatic carbocycles. The summed E-state index contributed by atoms with van der Waals surface area (Å²) >= 11 is 0. The number of H-pyrrole nitrogens is 1. The van der Waals surface area contributed by atoms with Crippen molar-refractivity contribution in [2.75, 3.05) is 0 Å². The van der Waals surface area contributed by atoms with Crippen molar-refractivity contribution in [3.63, 3.8) is 0 Å². The second-order valence-electron chi connectivity index (χ2n) is 3.32. The van der Waals surface area contributed by atoms with E-state index in [0.29, 0.717) is 11.0 Å². The van der Waals surface area contributed by atoms with E-state index < -0.39 is 0 Å². The molecule has 0 fully saturated rings. The van der Waals surface area contributed by atoms with Crippen LogP contribution in [-0.2, 0) is 0 Å². The average Bonchev–Trinajstić information content (AvgIpc) is 2.62. The van der Waals surface area contributed by atoms with Gasteiger partial charge in [-0.3, -0.25) is 4.79 Å². The van der Waals surface area contributed by atoms with Crippen LogP contribution in [0.2, 0.25) is 0 Å². The number of rotatable bonds is 2. The Kier molecular flexibility index (Phi) is 2.07. The summed E-state index contributed by atoms with van der Waals surface area (Å²) < 4.78 is 1.78. The summed E-state index contributed by atoms with van der Waals surface area (Å²) in [6.07, 6.45) is 3.93. The summed E-state index contributed by atoms with van der Waals surface area (Å²) in [5.41, 5.74) is 0.521. The Balaban J connectivity index is 2.70. The Hall–Kier alpha value is -1.65. The van der Waals surface area contributed by atoms with Gasteiger partial charge in [-0.1, -0.05) is 6.92 Å². The van der Waals surface area contributed by atoms with Gasteiger partial charge in [0.2, 0.25) is 0 Å². The maximum Gasteiger partial charge on any atom is 0.261 e. The molecule has 5 nitrogen and oxygen atoms in total. The largest absolute Gasteiger partial charge is 0.312 e. The van der Waals surface area contributed by atoms with Gasteiger partial charge in [0.1, 0.15) is 5.39 Å². The molecule has 0 saturated heterocycles. The number of aromatic amines is 1. The van der Waals surface area contributed by atoms with Gasteiger partial charge in [0.05, 0.1) is 18.6 Å². The molecular weight excluding hydrogens is 180 g/mol. The van der Waals surface area contributed by atoms with Crippen molar-refractivity contribution < 1.29 is 0 Å². The first-order chi connectivity index (χ1) is 6.74. The lowest BCUT2D eigenvalue weighted by Crippen LogP contribution is -2.09. The fraction of sp³-hybridized carbons (Fsp3) is 0.444. The Morgan fingerprint density at radius 2 is 2.43 bits per heavy atom.